The fourth-order valence-corrected chi connectivity index (χ4v) is 3.41. The second-order valence-corrected chi connectivity index (χ2v) is 6.91. The van der Waals surface area contributed by atoms with Gasteiger partial charge in [-0.3, -0.25) is 9.69 Å². The molecule has 0 aliphatic carbocycles. The maximum Gasteiger partial charge on any atom is 0.266 e. The van der Waals surface area contributed by atoms with E-state index in [0.717, 1.165) is 44.0 Å². The summed E-state index contributed by atoms with van der Waals surface area (Å²) in [7, 11) is 0. The highest BCUT2D eigenvalue weighted by Crippen LogP contribution is 2.23. The highest BCUT2D eigenvalue weighted by Gasteiger charge is 2.23. The van der Waals surface area contributed by atoms with Crippen LogP contribution in [0.4, 0.5) is 11.4 Å². The number of piperazine rings is 1. The third kappa shape index (κ3) is 5.47. The number of nitrogens with one attached hydrogen (secondary N) is 1. The Kier molecular flexibility index (Phi) is 8.30. The predicted octanol–water partition coefficient (Wildman–Crippen LogP) is 1.76. The number of aryl methyl sites for hydroxylation is 1. The molecule has 1 heterocycles. The lowest BCUT2D eigenvalue weighted by atomic mass is 10.1. The fraction of sp³-hybridized carbons (Fsp3) is 0.524. The van der Waals surface area contributed by atoms with Gasteiger partial charge in [0, 0.05) is 69.9 Å². The molecule has 0 unspecified atom stereocenters. The Bertz CT molecular complexity index is 727. The van der Waals surface area contributed by atoms with E-state index in [0.29, 0.717) is 19.6 Å². The van der Waals surface area contributed by atoms with Crippen LogP contribution in [0.3, 0.4) is 0 Å². The van der Waals surface area contributed by atoms with Crippen LogP contribution in [0.2, 0.25) is 0 Å². The van der Waals surface area contributed by atoms with Crippen LogP contribution in [0.1, 0.15) is 19.4 Å². The van der Waals surface area contributed by atoms with Crippen molar-refractivity contribution in [2.75, 3.05) is 62.6 Å². The van der Waals surface area contributed by atoms with Gasteiger partial charge in [0.25, 0.3) is 5.91 Å². The van der Waals surface area contributed by atoms with Crippen LogP contribution in [-0.4, -0.2) is 68.1 Å². The van der Waals surface area contributed by atoms with Gasteiger partial charge in [0.05, 0.1) is 0 Å². The molecule has 152 valence electrons. The van der Waals surface area contributed by atoms with Crippen molar-refractivity contribution in [2.45, 2.75) is 20.8 Å². The standard InChI is InChI=1S/C21H32N6O/c1-4-26(5-2)19-6-7-20(17(3)14-19)24-16-18(15-23)21(28)27-12-10-25(9-8-22)11-13-27/h6-7,14,16,24H,4-5,8-13,22H2,1-3H3/b18-16-. The SMILES string of the molecule is CCN(CC)c1ccc(N/C=C(/C#N)C(=O)N2CCN(CCN)CC2)c(C)c1. The van der Waals surface area contributed by atoms with Crippen molar-refractivity contribution in [1.82, 2.24) is 9.80 Å². The zero-order valence-electron chi connectivity index (χ0n) is 17.2. The fourth-order valence-electron chi connectivity index (χ4n) is 3.41. The highest BCUT2D eigenvalue weighted by atomic mass is 16.2. The van der Waals surface area contributed by atoms with Gasteiger partial charge >= 0.3 is 0 Å². The molecule has 2 rings (SSSR count). The molecule has 0 aromatic heterocycles. The van der Waals surface area contributed by atoms with Crippen molar-refractivity contribution in [3.63, 3.8) is 0 Å². The summed E-state index contributed by atoms with van der Waals surface area (Å²) < 4.78 is 0. The minimum absolute atomic E-state index is 0.125. The van der Waals surface area contributed by atoms with Crippen molar-refractivity contribution in [2.24, 2.45) is 5.73 Å². The lowest BCUT2D eigenvalue weighted by molar-refractivity contribution is -0.128. The first-order valence-electron chi connectivity index (χ1n) is 9.98. The third-order valence-electron chi connectivity index (χ3n) is 5.17. The molecule has 1 saturated heterocycles. The summed E-state index contributed by atoms with van der Waals surface area (Å²) in [6, 6.07) is 8.20. The summed E-state index contributed by atoms with van der Waals surface area (Å²) in [6.07, 6.45) is 1.52. The van der Waals surface area contributed by atoms with Gasteiger partial charge in [-0.15, -0.1) is 0 Å². The number of anilines is 2. The van der Waals surface area contributed by atoms with Gasteiger partial charge in [0.15, 0.2) is 0 Å². The topological polar surface area (TPSA) is 88.6 Å². The minimum atomic E-state index is -0.222. The largest absolute Gasteiger partial charge is 0.372 e. The summed E-state index contributed by atoms with van der Waals surface area (Å²) in [5.74, 6) is -0.222. The third-order valence-corrected chi connectivity index (χ3v) is 5.17. The first-order chi connectivity index (χ1) is 13.5. The number of hydrogen-bond donors (Lipinski definition) is 2. The van der Waals surface area contributed by atoms with E-state index >= 15 is 0 Å². The molecule has 0 bridgehead atoms. The molecular formula is C21H32N6O. The smallest absolute Gasteiger partial charge is 0.266 e. The molecule has 1 amide bonds. The summed E-state index contributed by atoms with van der Waals surface area (Å²) in [5.41, 5.74) is 8.84. The molecular weight excluding hydrogens is 352 g/mol. The lowest BCUT2D eigenvalue weighted by Crippen LogP contribution is -2.50. The Hall–Kier alpha value is -2.56. The molecule has 1 aromatic carbocycles. The molecule has 3 N–H and O–H groups in total. The molecule has 0 spiro atoms. The lowest BCUT2D eigenvalue weighted by Gasteiger charge is -2.34. The number of carbonyl (C=O) groups is 1. The average Bonchev–Trinajstić information content (AvgIpc) is 2.71. The van der Waals surface area contributed by atoms with Crippen LogP contribution in [0, 0.1) is 18.3 Å². The number of rotatable bonds is 8. The number of carbonyl (C=O) groups excluding carboxylic acids is 1. The maximum atomic E-state index is 12.7. The summed E-state index contributed by atoms with van der Waals surface area (Å²) in [5, 5.41) is 12.6. The van der Waals surface area contributed by atoms with E-state index in [1.807, 2.05) is 19.1 Å². The van der Waals surface area contributed by atoms with E-state index in [1.165, 1.54) is 11.9 Å². The second-order valence-electron chi connectivity index (χ2n) is 6.91. The van der Waals surface area contributed by atoms with E-state index in [9.17, 15) is 10.1 Å². The van der Waals surface area contributed by atoms with Crippen LogP contribution in [0.5, 0.6) is 0 Å². The van der Waals surface area contributed by atoms with Crippen molar-refractivity contribution in [3.8, 4) is 6.07 Å². The van der Waals surface area contributed by atoms with Crippen molar-refractivity contribution in [3.05, 3.63) is 35.5 Å². The summed E-state index contributed by atoms with van der Waals surface area (Å²) in [6.45, 7) is 12.5. The Morgan fingerprint density at radius 2 is 1.96 bits per heavy atom. The Morgan fingerprint density at radius 3 is 2.50 bits per heavy atom. The normalized spacial score (nSPS) is 15.2. The van der Waals surface area contributed by atoms with Crippen LogP contribution < -0.4 is 16.0 Å². The van der Waals surface area contributed by atoms with Crippen molar-refractivity contribution >= 4 is 17.3 Å². The van der Waals surface area contributed by atoms with Crippen molar-refractivity contribution < 1.29 is 4.79 Å². The molecule has 7 nitrogen and oxygen atoms in total. The number of hydrogen-bond acceptors (Lipinski definition) is 6. The first-order valence-corrected chi connectivity index (χ1v) is 9.98. The molecule has 1 aromatic rings. The van der Waals surface area contributed by atoms with E-state index < -0.39 is 0 Å². The van der Waals surface area contributed by atoms with E-state index in [1.54, 1.807) is 4.90 Å². The van der Waals surface area contributed by atoms with Gasteiger partial charge in [-0.1, -0.05) is 0 Å². The molecule has 28 heavy (non-hydrogen) atoms. The van der Waals surface area contributed by atoms with Gasteiger partial charge in [-0.05, 0) is 44.5 Å². The van der Waals surface area contributed by atoms with Gasteiger partial charge in [0.1, 0.15) is 11.6 Å². The van der Waals surface area contributed by atoms with Gasteiger partial charge in [-0.2, -0.15) is 5.26 Å². The minimum Gasteiger partial charge on any atom is -0.372 e. The number of nitrogens with zero attached hydrogens (tertiary/aromatic N) is 4. The number of nitrogens with two attached hydrogens (primary N) is 1. The predicted molar refractivity (Wildman–Crippen MR) is 114 cm³/mol. The zero-order valence-corrected chi connectivity index (χ0v) is 17.2. The molecule has 1 aliphatic rings. The van der Waals surface area contributed by atoms with Gasteiger partial charge in [-0.25, -0.2) is 0 Å². The number of benzene rings is 1. The second kappa shape index (κ2) is 10.7. The monoisotopic (exact) mass is 384 g/mol. The average molecular weight is 385 g/mol. The van der Waals surface area contributed by atoms with Crippen LogP contribution >= 0.6 is 0 Å². The van der Waals surface area contributed by atoms with E-state index in [-0.39, 0.29) is 11.5 Å². The van der Waals surface area contributed by atoms with Gasteiger partial charge in [0.2, 0.25) is 0 Å². The Labute approximate surface area is 168 Å². The molecule has 1 aliphatic heterocycles. The molecule has 7 heteroatoms. The Morgan fingerprint density at radius 1 is 1.29 bits per heavy atom. The maximum absolute atomic E-state index is 12.7. The molecule has 0 radical (unpaired) electrons. The van der Waals surface area contributed by atoms with Crippen molar-refractivity contribution in [1.29, 1.82) is 5.26 Å². The Balaban J connectivity index is 2.03. The molecule has 0 saturated carbocycles. The summed E-state index contributed by atoms with van der Waals surface area (Å²) in [4.78, 5) is 18.9. The molecule has 1 fully saturated rings. The quantitative estimate of drug-likeness (QED) is 0.524. The van der Waals surface area contributed by atoms with E-state index in [4.69, 9.17) is 5.73 Å². The van der Waals surface area contributed by atoms with Crippen LogP contribution in [-0.2, 0) is 4.79 Å². The molecule has 0 atom stereocenters. The number of amides is 1. The number of nitriles is 1. The summed E-state index contributed by atoms with van der Waals surface area (Å²) >= 11 is 0. The first kappa shape index (κ1) is 21.7. The van der Waals surface area contributed by atoms with Gasteiger partial charge < -0.3 is 20.9 Å². The highest BCUT2D eigenvalue weighted by molar-refractivity contribution is 5.97. The van der Waals surface area contributed by atoms with Crippen LogP contribution in [0.15, 0.2) is 30.0 Å². The zero-order chi connectivity index (χ0) is 20.5. The van der Waals surface area contributed by atoms with Crippen LogP contribution in [0.25, 0.3) is 0 Å². The van der Waals surface area contributed by atoms with E-state index in [2.05, 4.69) is 41.1 Å².